The molecule has 0 aromatic heterocycles. The van der Waals surface area contributed by atoms with E-state index in [9.17, 15) is 29.4 Å². The minimum atomic E-state index is -1.88. The Morgan fingerprint density at radius 2 is 1.02 bits per heavy atom. The molecule has 0 saturated carbocycles. The van der Waals surface area contributed by atoms with Crippen LogP contribution in [0, 0.1) is 0 Å². The standard InChI is InChI=1S/C33H38N2O8/c1-22(28(36)42-3)20-32(40)24-14-8-10-16-26(24)34(30(32)38)18-12-6-5-7-13-19-35-27-17-11-9-15-25(27)33(41,31(35)39)21-23(2)29(37)43-4/h8-11,14-17,40-41H,1-2,5-7,12-13,18-21H2,3-4H3. The molecule has 2 aromatic rings. The van der Waals surface area contributed by atoms with Crippen LogP contribution in [0.4, 0.5) is 11.4 Å². The minimum Gasteiger partial charge on any atom is -0.466 e. The summed E-state index contributed by atoms with van der Waals surface area (Å²) in [5.41, 5.74) is -1.63. The highest BCUT2D eigenvalue weighted by molar-refractivity contribution is 6.08. The molecule has 43 heavy (non-hydrogen) atoms. The summed E-state index contributed by atoms with van der Waals surface area (Å²) < 4.78 is 9.39. The van der Waals surface area contributed by atoms with Crippen LogP contribution in [0.3, 0.4) is 0 Å². The average molecular weight is 591 g/mol. The SMILES string of the molecule is C=C(CC1(O)C(=O)N(CCCCCCCN2C(=O)C(O)(CC(=C)C(=O)OC)c3ccccc32)c2ccccc21)C(=O)OC. The summed E-state index contributed by atoms with van der Waals surface area (Å²) in [5, 5.41) is 22.7. The van der Waals surface area contributed by atoms with Gasteiger partial charge >= 0.3 is 11.9 Å². The number of fused-ring (bicyclic) bond motifs is 2. The molecule has 0 aliphatic carbocycles. The molecule has 2 N–H and O–H groups in total. The normalized spacial score (nSPS) is 20.6. The van der Waals surface area contributed by atoms with Gasteiger partial charge in [-0.2, -0.15) is 0 Å². The zero-order valence-corrected chi connectivity index (χ0v) is 24.6. The van der Waals surface area contributed by atoms with Crippen LogP contribution in [0.5, 0.6) is 0 Å². The second-order valence-corrected chi connectivity index (χ2v) is 11.0. The second-order valence-electron chi connectivity index (χ2n) is 11.0. The molecule has 4 rings (SSSR count). The first-order valence-corrected chi connectivity index (χ1v) is 14.3. The average Bonchev–Trinajstić information content (AvgIpc) is 3.35. The van der Waals surface area contributed by atoms with Crippen molar-refractivity contribution >= 4 is 35.1 Å². The molecule has 0 saturated heterocycles. The molecule has 2 aromatic carbocycles. The number of anilines is 2. The smallest absolute Gasteiger partial charge is 0.333 e. The summed E-state index contributed by atoms with van der Waals surface area (Å²) in [6.45, 7) is 8.16. The summed E-state index contributed by atoms with van der Waals surface area (Å²) in [6, 6.07) is 14.0. The number of unbranched alkanes of at least 4 members (excludes halogenated alkanes) is 4. The molecule has 2 amide bonds. The number of rotatable bonds is 14. The van der Waals surface area contributed by atoms with Crippen molar-refractivity contribution in [3.05, 3.63) is 84.0 Å². The molecule has 0 bridgehead atoms. The van der Waals surface area contributed by atoms with E-state index in [-0.39, 0.29) is 24.0 Å². The van der Waals surface area contributed by atoms with Gasteiger partial charge in [0.15, 0.2) is 11.2 Å². The van der Waals surface area contributed by atoms with Gasteiger partial charge in [0.05, 0.1) is 25.6 Å². The van der Waals surface area contributed by atoms with Crippen LogP contribution in [0.15, 0.2) is 72.8 Å². The van der Waals surface area contributed by atoms with Crippen molar-refractivity contribution in [2.24, 2.45) is 0 Å². The van der Waals surface area contributed by atoms with Gasteiger partial charge in [0.1, 0.15) is 0 Å². The second kappa shape index (κ2) is 12.9. The lowest BCUT2D eigenvalue weighted by molar-refractivity contribution is -0.141. The molecule has 10 nitrogen and oxygen atoms in total. The molecule has 0 spiro atoms. The van der Waals surface area contributed by atoms with Crippen molar-refractivity contribution in [1.82, 2.24) is 0 Å². The van der Waals surface area contributed by atoms with Gasteiger partial charge in [0.25, 0.3) is 11.8 Å². The van der Waals surface area contributed by atoms with E-state index < -0.39 is 35.0 Å². The van der Waals surface area contributed by atoms with E-state index in [0.29, 0.717) is 48.4 Å². The van der Waals surface area contributed by atoms with Crippen LogP contribution in [0.1, 0.15) is 56.1 Å². The Kier molecular flexibility index (Phi) is 9.52. The van der Waals surface area contributed by atoms with E-state index in [1.807, 2.05) is 0 Å². The molecule has 0 radical (unpaired) electrons. The Balaban J connectivity index is 1.29. The molecule has 2 heterocycles. The van der Waals surface area contributed by atoms with Crippen LogP contribution in [-0.4, -0.2) is 61.3 Å². The predicted molar refractivity (Wildman–Crippen MR) is 160 cm³/mol. The lowest BCUT2D eigenvalue weighted by atomic mass is 9.88. The number of aliphatic hydroxyl groups is 2. The quantitative estimate of drug-likeness (QED) is 0.194. The summed E-state index contributed by atoms with van der Waals surface area (Å²) >= 11 is 0. The number of nitrogens with zero attached hydrogens (tertiary/aromatic N) is 2. The van der Waals surface area contributed by atoms with E-state index >= 15 is 0 Å². The lowest BCUT2D eigenvalue weighted by Crippen LogP contribution is -2.41. The first kappa shape index (κ1) is 31.7. The number of hydrogen-bond donors (Lipinski definition) is 2. The van der Waals surface area contributed by atoms with Gasteiger partial charge in [-0.1, -0.05) is 68.8 Å². The summed E-state index contributed by atoms with van der Waals surface area (Å²) in [7, 11) is 2.45. The molecule has 228 valence electrons. The predicted octanol–water partition coefficient (Wildman–Crippen LogP) is 3.64. The van der Waals surface area contributed by atoms with E-state index in [2.05, 4.69) is 13.2 Å². The van der Waals surface area contributed by atoms with E-state index in [4.69, 9.17) is 9.47 Å². The summed E-state index contributed by atoms with van der Waals surface area (Å²) in [4.78, 5) is 53.6. The molecular weight excluding hydrogens is 552 g/mol. The van der Waals surface area contributed by atoms with Gasteiger partial charge in [-0.15, -0.1) is 0 Å². The van der Waals surface area contributed by atoms with Crippen molar-refractivity contribution < 1.29 is 38.9 Å². The molecular formula is C33H38N2O8. The van der Waals surface area contributed by atoms with Crippen LogP contribution >= 0.6 is 0 Å². The molecule has 2 aliphatic rings. The molecule has 2 atom stereocenters. The Hall–Kier alpha value is -4.28. The number of benzene rings is 2. The van der Waals surface area contributed by atoms with Gasteiger partial charge < -0.3 is 29.5 Å². The zero-order chi connectivity index (χ0) is 31.4. The van der Waals surface area contributed by atoms with E-state index in [1.165, 1.54) is 14.2 Å². The third-order valence-corrected chi connectivity index (χ3v) is 8.13. The van der Waals surface area contributed by atoms with Gasteiger partial charge in [-0.3, -0.25) is 9.59 Å². The maximum Gasteiger partial charge on any atom is 0.333 e. The number of carbonyl (C=O) groups excluding carboxylic acids is 4. The molecule has 2 aliphatic heterocycles. The van der Waals surface area contributed by atoms with Gasteiger partial charge in [0.2, 0.25) is 0 Å². The first-order valence-electron chi connectivity index (χ1n) is 14.3. The highest BCUT2D eigenvalue weighted by atomic mass is 16.5. The highest BCUT2D eigenvalue weighted by Gasteiger charge is 2.51. The number of ether oxygens (including phenoxy) is 2. The van der Waals surface area contributed by atoms with Crippen molar-refractivity contribution in [2.75, 3.05) is 37.1 Å². The Morgan fingerprint density at radius 3 is 1.40 bits per heavy atom. The number of methoxy groups -OCH3 is 2. The van der Waals surface area contributed by atoms with Crippen molar-refractivity contribution in [2.45, 2.75) is 56.1 Å². The number of esters is 2. The van der Waals surface area contributed by atoms with Crippen molar-refractivity contribution in [1.29, 1.82) is 0 Å². The Bertz CT molecular complexity index is 1340. The van der Waals surface area contributed by atoms with Gasteiger partial charge in [-0.05, 0) is 25.0 Å². The molecule has 0 fully saturated rings. The largest absolute Gasteiger partial charge is 0.466 e. The lowest BCUT2D eigenvalue weighted by Gasteiger charge is -2.24. The van der Waals surface area contributed by atoms with Crippen LogP contribution in [0.2, 0.25) is 0 Å². The fourth-order valence-electron chi connectivity index (χ4n) is 5.92. The van der Waals surface area contributed by atoms with E-state index in [0.717, 1.165) is 19.3 Å². The number of carbonyl (C=O) groups is 4. The molecule has 2 unspecified atom stereocenters. The van der Waals surface area contributed by atoms with Crippen LogP contribution < -0.4 is 9.80 Å². The van der Waals surface area contributed by atoms with Crippen molar-refractivity contribution in [3.63, 3.8) is 0 Å². The zero-order valence-electron chi connectivity index (χ0n) is 24.6. The van der Waals surface area contributed by atoms with E-state index in [1.54, 1.807) is 58.3 Å². The molecule has 10 heteroatoms. The van der Waals surface area contributed by atoms with Crippen molar-refractivity contribution in [3.8, 4) is 0 Å². The van der Waals surface area contributed by atoms with Gasteiger partial charge in [0, 0.05) is 48.2 Å². The Labute approximate surface area is 251 Å². The third-order valence-electron chi connectivity index (χ3n) is 8.13. The number of amides is 2. The Morgan fingerprint density at radius 1 is 0.674 bits per heavy atom. The minimum absolute atomic E-state index is 0.0148. The monoisotopic (exact) mass is 590 g/mol. The number of hydrogen-bond acceptors (Lipinski definition) is 8. The maximum absolute atomic E-state index is 13.3. The van der Waals surface area contributed by atoms with Gasteiger partial charge in [-0.25, -0.2) is 9.59 Å². The third kappa shape index (κ3) is 5.98. The fraction of sp³-hybridized carbons (Fsp3) is 0.394. The summed E-state index contributed by atoms with van der Waals surface area (Å²) in [5.74, 6) is -2.33. The van der Waals surface area contributed by atoms with Crippen LogP contribution in [0.25, 0.3) is 0 Å². The fourth-order valence-corrected chi connectivity index (χ4v) is 5.92. The topological polar surface area (TPSA) is 134 Å². The highest BCUT2D eigenvalue weighted by Crippen LogP contribution is 2.45. The number of para-hydroxylation sites is 2. The van der Waals surface area contributed by atoms with Crippen LogP contribution in [-0.2, 0) is 39.9 Å². The summed E-state index contributed by atoms with van der Waals surface area (Å²) in [6.07, 6.45) is 3.34. The first-order chi connectivity index (χ1) is 20.5. The maximum atomic E-state index is 13.3.